The van der Waals surface area contributed by atoms with Gasteiger partial charge in [0.15, 0.2) is 5.11 Å². The molecule has 1 aromatic heterocycles. The number of anilines is 1. The van der Waals surface area contributed by atoms with Crippen LogP contribution in [0, 0.1) is 19.7 Å². The molecular weight excluding hydrogens is 375 g/mol. The SMILES string of the molecule is Cc1nn(-c2ccccc2)c(C)c1/C=C1/NC(=S)N(c2ccc(F)cc2)C1=O. The van der Waals surface area contributed by atoms with E-state index < -0.39 is 0 Å². The number of rotatable bonds is 3. The normalized spacial score (nSPS) is 15.4. The molecule has 0 bridgehead atoms. The summed E-state index contributed by atoms with van der Waals surface area (Å²) in [6, 6.07) is 15.4. The van der Waals surface area contributed by atoms with Crippen molar-refractivity contribution < 1.29 is 9.18 Å². The highest BCUT2D eigenvalue weighted by Gasteiger charge is 2.32. The van der Waals surface area contributed by atoms with Crippen LogP contribution in [0.3, 0.4) is 0 Å². The molecule has 0 radical (unpaired) electrons. The molecule has 1 N–H and O–H groups in total. The molecule has 28 heavy (non-hydrogen) atoms. The number of amides is 1. The first-order valence-electron chi connectivity index (χ1n) is 8.70. The van der Waals surface area contributed by atoms with Gasteiger partial charge < -0.3 is 5.32 Å². The zero-order valence-electron chi connectivity index (χ0n) is 15.3. The zero-order chi connectivity index (χ0) is 19.8. The summed E-state index contributed by atoms with van der Waals surface area (Å²) < 4.78 is 15.0. The Morgan fingerprint density at radius 2 is 1.71 bits per heavy atom. The standard InChI is InChI=1S/C21H17FN4OS/c1-13-18(14(2)26(24-13)17-6-4-3-5-7-17)12-19-20(27)25(21(28)23-19)16-10-8-15(22)9-11-16/h3-12H,1-2H3,(H,23,28)/b19-12+. The smallest absolute Gasteiger partial charge is 0.281 e. The second kappa shape index (κ2) is 7.01. The highest BCUT2D eigenvalue weighted by molar-refractivity contribution is 7.80. The Balaban J connectivity index is 1.70. The minimum absolute atomic E-state index is 0.258. The summed E-state index contributed by atoms with van der Waals surface area (Å²) in [5.74, 6) is -0.660. The number of benzene rings is 2. The van der Waals surface area contributed by atoms with Gasteiger partial charge in [-0.2, -0.15) is 5.10 Å². The number of carbonyl (C=O) groups is 1. The van der Waals surface area contributed by atoms with E-state index >= 15 is 0 Å². The zero-order valence-corrected chi connectivity index (χ0v) is 16.1. The Morgan fingerprint density at radius 1 is 1.04 bits per heavy atom. The molecule has 0 spiro atoms. The Kier molecular flexibility index (Phi) is 4.52. The lowest BCUT2D eigenvalue weighted by Gasteiger charge is -2.13. The summed E-state index contributed by atoms with van der Waals surface area (Å²) in [6.45, 7) is 3.85. The lowest BCUT2D eigenvalue weighted by atomic mass is 10.1. The lowest BCUT2D eigenvalue weighted by Crippen LogP contribution is -2.30. The van der Waals surface area contributed by atoms with E-state index in [4.69, 9.17) is 12.2 Å². The Morgan fingerprint density at radius 3 is 2.39 bits per heavy atom. The molecule has 0 saturated carbocycles. The van der Waals surface area contributed by atoms with Crippen LogP contribution in [0.1, 0.15) is 17.0 Å². The molecule has 1 saturated heterocycles. The van der Waals surface area contributed by atoms with Crippen molar-refractivity contribution in [3.8, 4) is 5.69 Å². The van der Waals surface area contributed by atoms with Crippen LogP contribution in [-0.4, -0.2) is 20.8 Å². The van der Waals surface area contributed by atoms with Crippen LogP contribution >= 0.6 is 12.2 Å². The number of aromatic nitrogens is 2. The van der Waals surface area contributed by atoms with E-state index in [0.717, 1.165) is 22.6 Å². The quantitative estimate of drug-likeness (QED) is 0.543. The molecule has 140 valence electrons. The number of para-hydroxylation sites is 1. The molecule has 5 nitrogen and oxygen atoms in total. The van der Waals surface area contributed by atoms with Gasteiger partial charge in [0, 0.05) is 11.3 Å². The van der Waals surface area contributed by atoms with Crippen molar-refractivity contribution in [2.24, 2.45) is 0 Å². The van der Waals surface area contributed by atoms with E-state index in [0.29, 0.717) is 11.4 Å². The number of halogens is 1. The lowest BCUT2D eigenvalue weighted by molar-refractivity contribution is -0.113. The highest BCUT2D eigenvalue weighted by atomic mass is 32.1. The van der Waals surface area contributed by atoms with Crippen LogP contribution in [0.4, 0.5) is 10.1 Å². The van der Waals surface area contributed by atoms with Crippen molar-refractivity contribution in [2.45, 2.75) is 13.8 Å². The van der Waals surface area contributed by atoms with Crippen LogP contribution in [-0.2, 0) is 4.79 Å². The summed E-state index contributed by atoms with van der Waals surface area (Å²) >= 11 is 5.31. The predicted octanol–water partition coefficient (Wildman–Crippen LogP) is 3.89. The van der Waals surface area contributed by atoms with Gasteiger partial charge in [-0.05, 0) is 68.5 Å². The molecule has 4 rings (SSSR count). The third kappa shape index (κ3) is 3.10. The third-order valence-corrected chi connectivity index (χ3v) is 4.88. The predicted molar refractivity (Wildman–Crippen MR) is 111 cm³/mol. The van der Waals surface area contributed by atoms with Gasteiger partial charge >= 0.3 is 0 Å². The number of thiocarbonyl (C=S) groups is 1. The number of nitrogens with zero attached hydrogens (tertiary/aromatic N) is 3. The molecule has 2 aromatic carbocycles. The average Bonchev–Trinajstić information content (AvgIpc) is 3.13. The van der Waals surface area contributed by atoms with Gasteiger partial charge in [-0.1, -0.05) is 18.2 Å². The van der Waals surface area contributed by atoms with Crippen LogP contribution in [0.15, 0.2) is 60.3 Å². The van der Waals surface area contributed by atoms with Crippen LogP contribution < -0.4 is 10.2 Å². The van der Waals surface area contributed by atoms with Gasteiger partial charge in [0.25, 0.3) is 5.91 Å². The van der Waals surface area contributed by atoms with Crippen molar-refractivity contribution in [3.63, 3.8) is 0 Å². The van der Waals surface area contributed by atoms with E-state index in [9.17, 15) is 9.18 Å². The molecule has 1 aliphatic heterocycles. The molecule has 0 aliphatic carbocycles. The van der Waals surface area contributed by atoms with E-state index in [1.54, 1.807) is 6.08 Å². The summed E-state index contributed by atoms with van der Waals surface area (Å²) in [6.07, 6.45) is 1.76. The molecule has 1 amide bonds. The van der Waals surface area contributed by atoms with Crippen molar-refractivity contribution >= 4 is 35.0 Å². The fraction of sp³-hybridized carbons (Fsp3) is 0.0952. The maximum Gasteiger partial charge on any atom is 0.281 e. The van der Waals surface area contributed by atoms with E-state index in [-0.39, 0.29) is 16.8 Å². The minimum Gasteiger partial charge on any atom is -0.327 e. The van der Waals surface area contributed by atoms with E-state index in [1.165, 1.54) is 29.2 Å². The molecule has 1 aliphatic rings. The molecular formula is C21H17FN4OS. The number of hydrogen-bond donors (Lipinski definition) is 1. The van der Waals surface area contributed by atoms with Gasteiger partial charge in [-0.3, -0.25) is 9.69 Å². The number of hydrogen-bond acceptors (Lipinski definition) is 3. The monoisotopic (exact) mass is 392 g/mol. The third-order valence-electron chi connectivity index (χ3n) is 4.60. The van der Waals surface area contributed by atoms with Crippen molar-refractivity contribution in [1.29, 1.82) is 0 Å². The Hall–Kier alpha value is -3.32. The molecule has 0 atom stereocenters. The summed E-state index contributed by atoms with van der Waals surface area (Å²) in [7, 11) is 0. The fourth-order valence-electron chi connectivity index (χ4n) is 3.19. The van der Waals surface area contributed by atoms with Crippen LogP contribution in [0.25, 0.3) is 11.8 Å². The number of carbonyl (C=O) groups excluding carboxylic acids is 1. The molecule has 7 heteroatoms. The molecule has 0 unspecified atom stereocenters. The Bertz CT molecular complexity index is 1100. The summed E-state index contributed by atoms with van der Waals surface area (Å²) in [5.41, 5.74) is 4.38. The van der Waals surface area contributed by atoms with E-state index in [2.05, 4.69) is 10.4 Å². The Labute approximate surface area is 167 Å². The van der Waals surface area contributed by atoms with E-state index in [1.807, 2.05) is 48.9 Å². The van der Waals surface area contributed by atoms with Gasteiger partial charge in [-0.25, -0.2) is 9.07 Å². The molecule has 2 heterocycles. The van der Waals surface area contributed by atoms with Crippen molar-refractivity contribution in [3.05, 3.63) is 83.1 Å². The van der Waals surface area contributed by atoms with Crippen molar-refractivity contribution in [1.82, 2.24) is 15.1 Å². The first kappa shape index (κ1) is 18.1. The summed E-state index contributed by atoms with van der Waals surface area (Å²) in [5, 5.41) is 7.81. The maximum atomic E-state index is 13.2. The van der Waals surface area contributed by atoms with Gasteiger partial charge in [0.05, 0.1) is 17.1 Å². The first-order chi connectivity index (χ1) is 13.5. The second-order valence-electron chi connectivity index (χ2n) is 6.44. The van der Waals surface area contributed by atoms with Crippen molar-refractivity contribution in [2.75, 3.05) is 4.90 Å². The largest absolute Gasteiger partial charge is 0.327 e. The van der Waals surface area contributed by atoms with Gasteiger partial charge in [0.2, 0.25) is 0 Å². The van der Waals surface area contributed by atoms with Gasteiger partial charge in [0.1, 0.15) is 11.5 Å². The highest BCUT2D eigenvalue weighted by Crippen LogP contribution is 2.25. The molecule has 1 fully saturated rings. The minimum atomic E-state index is -0.371. The topological polar surface area (TPSA) is 50.2 Å². The number of nitrogens with one attached hydrogen (secondary N) is 1. The van der Waals surface area contributed by atoms with Gasteiger partial charge in [-0.15, -0.1) is 0 Å². The fourth-order valence-corrected chi connectivity index (χ4v) is 3.49. The average molecular weight is 392 g/mol. The summed E-state index contributed by atoms with van der Waals surface area (Å²) in [4.78, 5) is 14.2. The molecule has 3 aromatic rings. The van der Waals surface area contributed by atoms with Crippen LogP contribution in [0.2, 0.25) is 0 Å². The number of aryl methyl sites for hydroxylation is 1. The second-order valence-corrected chi connectivity index (χ2v) is 6.82. The maximum absolute atomic E-state index is 13.2. The van der Waals surface area contributed by atoms with Crippen LogP contribution in [0.5, 0.6) is 0 Å². The first-order valence-corrected chi connectivity index (χ1v) is 9.11.